The van der Waals surface area contributed by atoms with Crippen molar-refractivity contribution < 1.29 is 9.90 Å². The molecule has 1 amide bonds. The van der Waals surface area contributed by atoms with Crippen LogP contribution in [0.3, 0.4) is 0 Å². The van der Waals surface area contributed by atoms with Crippen LogP contribution in [0, 0.1) is 6.92 Å². The number of aryl methyl sites for hydroxylation is 1. The average molecular weight is 319 g/mol. The maximum absolute atomic E-state index is 12.2. The van der Waals surface area contributed by atoms with Gasteiger partial charge in [0.25, 0.3) is 0 Å². The third-order valence-electron chi connectivity index (χ3n) is 4.44. The van der Waals surface area contributed by atoms with E-state index in [2.05, 4.69) is 10.4 Å². The molecule has 5 heteroatoms. The highest BCUT2D eigenvalue weighted by molar-refractivity contribution is 5.94. The molecule has 1 unspecified atom stereocenters. The lowest BCUT2D eigenvalue weighted by molar-refractivity contribution is -0.116. The van der Waals surface area contributed by atoms with Crippen molar-refractivity contribution in [2.75, 3.05) is 5.32 Å². The minimum absolute atomic E-state index is 0.0498. The van der Waals surface area contributed by atoms with Gasteiger partial charge < -0.3 is 10.4 Å². The molecule has 1 aliphatic heterocycles. The molecular weight excluding hydrogens is 302 g/mol. The fourth-order valence-corrected chi connectivity index (χ4v) is 3.24. The van der Waals surface area contributed by atoms with Crippen molar-refractivity contribution >= 4 is 11.7 Å². The number of nitrogens with zero attached hydrogens (tertiary/aromatic N) is 2. The lowest BCUT2D eigenvalue weighted by atomic mass is 9.87. The number of phenols is 1. The molecule has 2 heterocycles. The van der Waals surface area contributed by atoms with Crippen LogP contribution in [0.5, 0.6) is 5.75 Å². The molecule has 0 aliphatic carbocycles. The number of aromatic nitrogens is 2. The van der Waals surface area contributed by atoms with E-state index in [9.17, 15) is 9.90 Å². The van der Waals surface area contributed by atoms with Crippen molar-refractivity contribution in [3.8, 4) is 11.4 Å². The standard InChI is InChI=1S/C19H17N3O2/c1-12-5-2-3-8-17(12)22-19-16(11-20-22)15(10-18(24)21-19)13-6-4-7-14(23)9-13/h2-9,11,15,23H,10H2,1H3,(H,21,24). The van der Waals surface area contributed by atoms with Gasteiger partial charge in [-0.3, -0.25) is 4.79 Å². The number of aromatic hydroxyl groups is 1. The Bertz CT molecular complexity index is 930. The van der Waals surface area contributed by atoms with Crippen LogP contribution < -0.4 is 5.32 Å². The van der Waals surface area contributed by atoms with Crippen LogP contribution in [0.25, 0.3) is 5.69 Å². The number of benzene rings is 2. The summed E-state index contributed by atoms with van der Waals surface area (Å²) in [5, 5.41) is 17.2. The van der Waals surface area contributed by atoms with E-state index >= 15 is 0 Å². The van der Waals surface area contributed by atoms with Gasteiger partial charge in [-0.15, -0.1) is 0 Å². The Morgan fingerprint density at radius 3 is 2.83 bits per heavy atom. The number of phenolic OH excluding ortho intramolecular Hbond substituents is 1. The van der Waals surface area contributed by atoms with Gasteiger partial charge in [-0.05, 0) is 36.2 Å². The Morgan fingerprint density at radius 2 is 2.04 bits per heavy atom. The second kappa shape index (κ2) is 5.53. The highest BCUT2D eigenvalue weighted by atomic mass is 16.3. The predicted molar refractivity (Wildman–Crippen MR) is 91.5 cm³/mol. The zero-order valence-corrected chi connectivity index (χ0v) is 13.2. The molecule has 0 bridgehead atoms. The summed E-state index contributed by atoms with van der Waals surface area (Å²) >= 11 is 0. The zero-order valence-electron chi connectivity index (χ0n) is 13.2. The summed E-state index contributed by atoms with van der Waals surface area (Å²) in [6, 6.07) is 15.0. The molecule has 0 radical (unpaired) electrons. The molecule has 2 N–H and O–H groups in total. The first-order valence-electron chi connectivity index (χ1n) is 7.86. The van der Waals surface area contributed by atoms with Crippen molar-refractivity contribution in [2.45, 2.75) is 19.3 Å². The predicted octanol–water partition coefficient (Wildman–Crippen LogP) is 3.36. The van der Waals surface area contributed by atoms with E-state index < -0.39 is 0 Å². The molecule has 4 rings (SSSR count). The van der Waals surface area contributed by atoms with Gasteiger partial charge in [0.1, 0.15) is 11.6 Å². The van der Waals surface area contributed by atoms with Crippen molar-refractivity contribution in [1.29, 1.82) is 0 Å². The molecule has 0 saturated carbocycles. The topological polar surface area (TPSA) is 67.2 Å². The van der Waals surface area contributed by atoms with Gasteiger partial charge in [0.15, 0.2) is 0 Å². The monoisotopic (exact) mass is 319 g/mol. The number of fused-ring (bicyclic) bond motifs is 1. The third-order valence-corrected chi connectivity index (χ3v) is 4.44. The Balaban J connectivity index is 1.85. The number of rotatable bonds is 2. The normalized spacial score (nSPS) is 16.5. The largest absolute Gasteiger partial charge is 0.508 e. The first-order valence-corrected chi connectivity index (χ1v) is 7.86. The van der Waals surface area contributed by atoms with Gasteiger partial charge in [-0.2, -0.15) is 5.10 Å². The lowest BCUT2D eigenvalue weighted by Crippen LogP contribution is -2.24. The zero-order chi connectivity index (χ0) is 16.7. The highest BCUT2D eigenvalue weighted by Crippen LogP contribution is 2.39. The number of carbonyl (C=O) groups excluding carboxylic acids is 1. The summed E-state index contributed by atoms with van der Waals surface area (Å²) in [7, 11) is 0. The second-order valence-electron chi connectivity index (χ2n) is 6.05. The first-order chi connectivity index (χ1) is 11.6. The quantitative estimate of drug-likeness (QED) is 0.761. The van der Waals surface area contributed by atoms with E-state index in [1.807, 2.05) is 37.3 Å². The summed E-state index contributed by atoms with van der Waals surface area (Å²) in [6.45, 7) is 2.01. The molecule has 1 aliphatic rings. The van der Waals surface area contributed by atoms with E-state index in [1.54, 1.807) is 29.1 Å². The SMILES string of the molecule is Cc1ccccc1-n1ncc2c1NC(=O)CC2c1cccc(O)c1. The van der Waals surface area contributed by atoms with E-state index in [-0.39, 0.29) is 17.6 Å². The van der Waals surface area contributed by atoms with Crippen LogP contribution in [0.2, 0.25) is 0 Å². The third kappa shape index (κ3) is 2.34. The molecule has 0 spiro atoms. The average Bonchev–Trinajstić information content (AvgIpc) is 2.98. The maximum atomic E-state index is 12.2. The summed E-state index contributed by atoms with van der Waals surface area (Å²) in [4.78, 5) is 12.2. The number of para-hydroxylation sites is 1. The number of amides is 1. The van der Waals surface area contributed by atoms with Crippen molar-refractivity contribution in [3.05, 3.63) is 71.4 Å². The van der Waals surface area contributed by atoms with Crippen LogP contribution in [-0.4, -0.2) is 20.8 Å². The van der Waals surface area contributed by atoms with Crippen molar-refractivity contribution in [1.82, 2.24) is 9.78 Å². The Labute approximate surface area is 139 Å². The van der Waals surface area contributed by atoms with Gasteiger partial charge in [-0.25, -0.2) is 4.68 Å². The van der Waals surface area contributed by atoms with Crippen LogP contribution in [0.1, 0.15) is 29.0 Å². The Hall–Kier alpha value is -3.08. The van der Waals surface area contributed by atoms with E-state index in [0.717, 1.165) is 22.4 Å². The number of nitrogens with one attached hydrogen (secondary N) is 1. The molecule has 1 atom stereocenters. The molecule has 24 heavy (non-hydrogen) atoms. The maximum Gasteiger partial charge on any atom is 0.226 e. The van der Waals surface area contributed by atoms with Crippen molar-refractivity contribution in [2.24, 2.45) is 0 Å². The Kier molecular flexibility index (Phi) is 3.34. The second-order valence-corrected chi connectivity index (χ2v) is 6.05. The van der Waals surface area contributed by atoms with Gasteiger partial charge in [0.2, 0.25) is 5.91 Å². The summed E-state index contributed by atoms with van der Waals surface area (Å²) in [5.41, 5.74) is 3.90. The van der Waals surface area contributed by atoms with Gasteiger partial charge in [-0.1, -0.05) is 30.3 Å². The molecule has 0 saturated heterocycles. The molecule has 2 aromatic carbocycles. The van der Waals surface area contributed by atoms with Crippen LogP contribution in [0.4, 0.5) is 5.82 Å². The number of carbonyl (C=O) groups is 1. The van der Waals surface area contributed by atoms with Crippen LogP contribution in [0.15, 0.2) is 54.7 Å². The van der Waals surface area contributed by atoms with E-state index in [4.69, 9.17) is 0 Å². The molecule has 5 nitrogen and oxygen atoms in total. The number of anilines is 1. The minimum atomic E-state index is -0.112. The summed E-state index contributed by atoms with van der Waals surface area (Å²) < 4.78 is 1.78. The van der Waals surface area contributed by atoms with Crippen LogP contribution in [-0.2, 0) is 4.79 Å². The molecule has 120 valence electrons. The Morgan fingerprint density at radius 1 is 1.21 bits per heavy atom. The van der Waals surface area contributed by atoms with Crippen LogP contribution >= 0.6 is 0 Å². The summed E-state index contributed by atoms with van der Waals surface area (Å²) in [5.74, 6) is 0.741. The molecule has 1 aromatic heterocycles. The molecule has 0 fully saturated rings. The lowest BCUT2D eigenvalue weighted by Gasteiger charge is -2.24. The van der Waals surface area contributed by atoms with Gasteiger partial charge in [0.05, 0.1) is 11.9 Å². The van der Waals surface area contributed by atoms with E-state index in [0.29, 0.717) is 12.2 Å². The minimum Gasteiger partial charge on any atom is -0.508 e. The van der Waals surface area contributed by atoms with Gasteiger partial charge >= 0.3 is 0 Å². The smallest absolute Gasteiger partial charge is 0.226 e. The van der Waals surface area contributed by atoms with Crippen molar-refractivity contribution in [3.63, 3.8) is 0 Å². The molecular formula is C19H17N3O2. The highest BCUT2D eigenvalue weighted by Gasteiger charge is 2.30. The number of hydrogen-bond donors (Lipinski definition) is 2. The number of hydrogen-bond acceptors (Lipinski definition) is 3. The van der Waals surface area contributed by atoms with Gasteiger partial charge in [0, 0.05) is 17.9 Å². The fraction of sp³-hybridized carbons (Fsp3) is 0.158. The summed E-state index contributed by atoms with van der Waals surface area (Å²) in [6.07, 6.45) is 2.14. The molecule has 3 aromatic rings. The first kappa shape index (κ1) is 14.5. The van der Waals surface area contributed by atoms with E-state index in [1.165, 1.54) is 0 Å². The fourth-order valence-electron chi connectivity index (χ4n) is 3.24.